The number of hydrogen-bond donors (Lipinski definition) is 1. The van der Waals surface area contributed by atoms with Crippen molar-refractivity contribution < 1.29 is 9.59 Å². The van der Waals surface area contributed by atoms with Gasteiger partial charge in [0.05, 0.1) is 5.41 Å². The number of rotatable bonds is 7. The molecule has 3 heterocycles. The van der Waals surface area contributed by atoms with Gasteiger partial charge < -0.3 is 10.2 Å². The standard InChI is InChI=1S/C23H26N6O2/c1-2-26-22(31)23(9-11-28(15-23)21(30)14-29-17-25-16-27-29)12-18-5-7-19(8-6-18)20-4-3-10-24-13-20/h3-8,10,13,16-17H,2,9,11-12,14-15H2,1H3,(H,26,31)/t23-/m1/s1. The summed E-state index contributed by atoms with van der Waals surface area (Å²) in [5.74, 6) is -0.0500. The third-order valence-corrected chi connectivity index (χ3v) is 5.78. The zero-order chi connectivity index (χ0) is 21.7. The summed E-state index contributed by atoms with van der Waals surface area (Å²) in [6.45, 7) is 3.56. The first kappa shape index (κ1) is 20.7. The lowest BCUT2D eigenvalue weighted by Gasteiger charge is -2.28. The van der Waals surface area contributed by atoms with Crippen molar-refractivity contribution in [3.05, 3.63) is 67.0 Å². The molecule has 4 rings (SSSR count). The van der Waals surface area contributed by atoms with E-state index in [0.29, 0.717) is 32.5 Å². The molecule has 8 nitrogen and oxygen atoms in total. The summed E-state index contributed by atoms with van der Waals surface area (Å²) in [6, 6.07) is 12.2. The molecule has 1 aliphatic heterocycles. The first-order valence-corrected chi connectivity index (χ1v) is 10.5. The molecule has 0 radical (unpaired) electrons. The summed E-state index contributed by atoms with van der Waals surface area (Å²) >= 11 is 0. The molecular formula is C23H26N6O2. The molecule has 0 unspecified atom stereocenters. The predicted octanol–water partition coefficient (Wildman–Crippen LogP) is 1.94. The summed E-state index contributed by atoms with van der Waals surface area (Å²) < 4.78 is 1.51. The number of nitrogens with zero attached hydrogens (tertiary/aromatic N) is 5. The maximum absolute atomic E-state index is 13.1. The van der Waals surface area contributed by atoms with E-state index in [9.17, 15) is 9.59 Å². The van der Waals surface area contributed by atoms with Crippen molar-refractivity contribution in [1.82, 2.24) is 30.0 Å². The smallest absolute Gasteiger partial charge is 0.244 e. The first-order valence-electron chi connectivity index (χ1n) is 10.5. The topological polar surface area (TPSA) is 93.0 Å². The first-order chi connectivity index (χ1) is 15.1. The molecule has 1 fully saturated rings. The number of carbonyl (C=O) groups is 2. The minimum Gasteiger partial charge on any atom is -0.356 e. The summed E-state index contributed by atoms with van der Waals surface area (Å²) in [4.78, 5) is 35.6. The summed E-state index contributed by atoms with van der Waals surface area (Å²) in [6.07, 6.45) is 7.73. The van der Waals surface area contributed by atoms with Crippen LogP contribution in [0.2, 0.25) is 0 Å². The van der Waals surface area contributed by atoms with Gasteiger partial charge in [-0.05, 0) is 42.5 Å². The average molecular weight is 419 g/mol. The van der Waals surface area contributed by atoms with Crippen LogP contribution in [-0.4, -0.2) is 56.1 Å². The lowest BCUT2D eigenvalue weighted by atomic mass is 9.79. The SMILES string of the molecule is CCNC(=O)[C@@]1(Cc2ccc(-c3cccnc3)cc2)CCN(C(=O)Cn2cncn2)C1. The Labute approximate surface area is 181 Å². The van der Waals surface area contributed by atoms with Crippen LogP contribution >= 0.6 is 0 Å². The number of amides is 2. The maximum Gasteiger partial charge on any atom is 0.244 e. The molecular weight excluding hydrogens is 392 g/mol. The largest absolute Gasteiger partial charge is 0.356 e. The van der Waals surface area contributed by atoms with Crippen molar-refractivity contribution >= 4 is 11.8 Å². The van der Waals surface area contributed by atoms with Crippen molar-refractivity contribution in [3.63, 3.8) is 0 Å². The molecule has 31 heavy (non-hydrogen) atoms. The second-order valence-electron chi connectivity index (χ2n) is 7.91. The maximum atomic E-state index is 13.1. The number of carbonyl (C=O) groups excluding carboxylic acids is 2. The van der Waals surface area contributed by atoms with Gasteiger partial charge in [0.1, 0.15) is 19.2 Å². The predicted molar refractivity (Wildman–Crippen MR) is 116 cm³/mol. The minimum atomic E-state index is -0.635. The summed E-state index contributed by atoms with van der Waals surface area (Å²) in [5.41, 5.74) is 2.58. The Hall–Kier alpha value is -3.55. The van der Waals surface area contributed by atoms with Gasteiger partial charge in [0.2, 0.25) is 11.8 Å². The fraction of sp³-hybridized carbons (Fsp3) is 0.348. The Balaban J connectivity index is 1.50. The van der Waals surface area contributed by atoms with Gasteiger partial charge in [-0.2, -0.15) is 5.10 Å². The lowest BCUT2D eigenvalue weighted by molar-refractivity contribution is -0.133. The second kappa shape index (κ2) is 9.07. The van der Waals surface area contributed by atoms with E-state index in [4.69, 9.17) is 0 Å². The van der Waals surface area contributed by atoms with Gasteiger partial charge in [0.15, 0.2) is 0 Å². The monoisotopic (exact) mass is 418 g/mol. The number of pyridine rings is 1. The lowest BCUT2D eigenvalue weighted by Crippen LogP contribution is -2.45. The number of nitrogens with one attached hydrogen (secondary N) is 1. The molecule has 160 valence electrons. The molecule has 0 bridgehead atoms. The highest BCUT2D eigenvalue weighted by atomic mass is 16.2. The summed E-state index contributed by atoms with van der Waals surface area (Å²) in [7, 11) is 0. The van der Waals surface area contributed by atoms with E-state index in [2.05, 4.69) is 44.6 Å². The number of benzene rings is 1. The Kier molecular flexibility index (Phi) is 6.06. The molecule has 1 N–H and O–H groups in total. The molecule has 1 saturated heterocycles. The molecule has 1 atom stereocenters. The van der Waals surface area contributed by atoms with Crippen LogP contribution in [0, 0.1) is 5.41 Å². The van der Waals surface area contributed by atoms with E-state index >= 15 is 0 Å². The molecule has 1 aromatic carbocycles. The molecule has 2 amide bonds. The number of aromatic nitrogens is 4. The minimum absolute atomic E-state index is 0.00221. The van der Waals surface area contributed by atoms with E-state index in [1.807, 2.05) is 25.3 Å². The zero-order valence-corrected chi connectivity index (χ0v) is 17.6. The molecule has 1 aliphatic rings. The summed E-state index contributed by atoms with van der Waals surface area (Å²) in [5, 5.41) is 6.98. The van der Waals surface area contributed by atoms with Crippen molar-refractivity contribution in [3.8, 4) is 11.1 Å². The van der Waals surface area contributed by atoms with Crippen molar-refractivity contribution in [2.24, 2.45) is 5.41 Å². The van der Waals surface area contributed by atoms with E-state index in [1.54, 1.807) is 11.1 Å². The molecule has 3 aromatic rings. The molecule has 2 aromatic heterocycles. The highest BCUT2D eigenvalue weighted by molar-refractivity contribution is 5.85. The number of likely N-dealkylation sites (tertiary alicyclic amines) is 1. The molecule has 0 saturated carbocycles. The van der Waals surface area contributed by atoms with Crippen LogP contribution in [-0.2, 0) is 22.6 Å². The van der Waals surface area contributed by atoms with Crippen LogP contribution in [0.4, 0.5) is 0 Å². The third-order valence-electron chi connectivity index (χ3n) is 5.78. The van der Waals surface area contributed by atoms with Crippen molar-refractivity contribution in [2.45, 2.75) is 26.3 Å². The van der Waals surface area contributed by atoms with Gasteiger partial charge in [-0.1, -0.05) is 30.3 Å². The van der Waals surface area contributed by atoms with Crippen LogP contribution in [0.25, 0.3) is 11.1 Å². The number of hydrogen-bond acceptors (Lipinski definition) is 5. The highest BCUT2D eigenvalue weighted by Crippen LogP contribution is 2.35. The van der Waals surface area contributed by atoms with E-state index in [0.717, 1.165) is 16.7 Å². The molecule has 0 spiro atoms. The Morgan fingerprint density at radius 3 is 2.65 bits per heavy atom. The molecule has 8 heteroatoms. The average Bonchev–Trinajstić information content (AvgIpc) is 3.46. The van der Waals surface area contributed by atoms with E-state index < -0.39 is 5.41 Å². The fourth-order valence-corrected chi connectivity index (χ4v) is 4.14. The van der Waals surface area contributed by atoms with Crippen LogP contribution in [0.5, 0.6) is 0 Å². The van der Waals surface area contributed by atoms with E-state index in [-0.39, 0.29) is 18.4 Å². The van der Waals surface area contributed by atoms with Gasteiger partial charge in [-0.15, -0.1) is 0 Å². The van der Waals surface area contributed by atoms with Crippen LogP contribution in [0.3, 0.4) is 0 Å². The zero-order valence-electron chi connectivity index (χ0n) is 17.6. The Morgan fingerprint density at radius 1 is 1.13 bits per heavy atom. The van der Waals surface area contributed by atoms with Gasteiger partial charge >= 0.3 is 0 Å². The Morgan fingerprint density at radius 2 is 1.97 bits per heavy atom. The van der Waals surface area contributed by atoms with Crippen molar-refractivity contribution in [2.75, 3.05) is 19.6 Å². The van der Waals surface area contributed by atoms with Crippen LogP contribution in [0.1, 0.15) is 18.9 Å². The second-order valence-corrected chi connectivity index (χ2v) is 7.91. The Bertz CT molecular complexity index is 1020. The van der Waals surface area contributed by atoms with Gasteiger partial charge in [-0.3, -0.25) is 14.6 Å². The van der Waals surface area contributed by atoms with E-state index in [1.165, 1.54) is 17.3 Å². The van der Waals surface area contributed by atoms with Crippen LogP contribution < -0.4 is 5.32 Å². The highest BCUT2D eigenvalue weighted by Gasteiger charge is 2.45. The van der Waals surface area contributed by atoms with Crippen molar-refractivity contribution in [1.29, 1.82) is 0 Å². The normalized spacial score (nSPS) is 18.2. The quantitative estimate of drug-likeness (QED) is 0.633. The van der Waals surface area contributed by atoms with Gasteiger partial charge in [0, 0.05) is 32.0 Å². The molecule has 0 aliphatic carbocycles. The third kappa shape index (κ3) is 4.63. The van der Waals surface area contributed by atoms with Crippen LogP contribution in [0.15, 0.2) is 61.4 Å². The van der Waals surface area contributed by atoms with Gasteiger partial charge in [0.25, 0.3) is 0 Å². The fourth-order valence-electron chi connectivity index (χ4n) is 4.14. The van der Waals surface area contributed by atoms with Gasteiger partial charge in [-0.25, -0.2) is 9.67 Å².